The summed E-state index contributed by atoms with van der Waals surface area (Å²) in [5.74, 6) is 1.72. The molecule has 0 radical (unpaired) electrons. The maximum atomic E-state index is 8.35. The molecular weight excluding hydrogens is 703 g/mol. The van der Waals surface area contributed by atoms with Gasteiger partial charge in [0.1, 0.15) is 11.2 Å². The molecule has 3 heterocycles. The van der Waals surface area contributed by atoms with Crippen molar-refractivity contribution in [2.24, 2.45) is 0 Å². The molecule has 11 aromatic rings. The van der Waals surface area contributed by atoms with E-state index in [9.17, 15) is 0 Å². The number of hydrogen-bond acceptors (Lipinski definition) is 5. The first-order valence-corrected chi connectivity index (χ1v) is 19.1. The number of furan rings is 1. The van der Waals surface area contributed by atoms with Gasteiger partial charge in [-0.25, -0.2) is 15.0 Å². The molecule has 4 nitrogen and oxygen atoms in total. The third-order valence-electron chi connectivity index (χ3n) is 10.3. The van der Waals surface area contributed by atoms with E-state index in [0.717, 1.165) is 60.0 Å². The van der Waals surface area contributed by atoms with Gasteiger partial charge in [0, 0.05) is 42.1 Å². The van der Waals surface area contributed by atoms with Crippen molar-refractivity contribution in [1.82, 2.24) is 15.0 Å². The second-order valence-electron chi connectivity index (χ2n) is 13.6. The van der Waals surface area contributed by atoms with Gasteiger partial charge < -0.3 is 4.42 Å². The van der Waals surface area contributed by atoms with E-state index in [-0.39, 0.29) is 29.7 Å². The Morgan fingerprint density at radius 3 is 1.73 bits per heavy atom. The van der Waals surface area contributed by atoms with Crippen molar-refractivity contribution in [3.63, 3.8) is 0 Å². The van der Waals surface area contributed by atoms with Crippen LogP contribution in [0.25, 0.3) is 110 Å². The van der Waals surface area contributed by atoms with E-state index in [1.54, 1.807) is 23.5 Å². The number of hydrogen-bond donors (Lipinski definition) is 0. The number of nitrogens with zero attached hydrogens (tertiary/aromatic N) is 3. The molecule has 262 valence electrons. The predicted molar refractivity (Wildman–Crippen MR) is 233 cm³/mol. The second kappa shape index (κ2) is 13.3. The minimum Gasteiger partial charge on any atom is -0.455 e. The summed E-state index contributed by atoms with van der Waals surface area (Å²) < 4.78 is 49.8. The molecule has 0 N–H and O–H groups in total. The smallest absolute Gasteiger partial charge is 0.167 e. The Morgan fingerprint density at radius 2 is 0.982 bits per heavy atom. The van der Waals surface area contributed by atoms with Gasteiger partial charge in [-0.2, -0.15) is 0 Å². The van der Waals surface area contributed by atoms with Gasteiger partial charge in [0.15, 0.2) is 17.5 Å². The lowest BCUT2D eigenvalue weighted by Crippen LogP contribution is -2.00. The van der Waals surface area contributed by atoms with Crippen LogP contribution in [0.15, 0.2) is 192 Å². The summed E-state index contributed by atoms with van der Waals surface area (Å²) in [7, 11) is 0. The van der Waals surface area contributed by atoms with E-state index >= 15 is 0 Å². The molecule has 0 saturated carbocycles. The van der Waals surface area contributed by atoms with Crippen molar-refractivity contribution in [2.45, 2.75) is 0 Å². The number of aromatic nitrogens is 3. The maximum absolute atomic E-state index is 8.35. The number of para-hydroxylation sites is 1. The highest BCUT2D eigenvalue weighted by Crippen LogP contribution is 2.41. The zero-order chi connectivity index (χ0) is 41.4. The zero-order valence-electron chi connectivity index (χ0n) is 34.7. The fourth-order valence-corrected chi connectivity index (χ4v) is 8.70. The monoisotopic (exact) mass is 738 g/mol. The lowest BCUT2D eigenvalue weighted by molar-refractivity contribution is 0.669. The second-order valence-corrected chi connectivity index (χ2v) is 14.7. The van der Waals surface area contributed by atoms with E-state index in [1.165, 1.54) is 15.5 Å². The van der Waals surface area contributed by atoms with Crippen molar-refractivity contribution < 1.29 is 11.3 Å². The Balaban J connectivity index is 0.957. The Morgan fingerprint density at radius 1 is 0.411 bits per heavy atom. The van der Waals surface area contributed by atoms with Gasteiger partial charge in [0.25, 0.3) is 0 Å². The van der Waals surface area contributed by atoms with E-state index in [0.29, 0.717) is 28.6 Å². The van der Waals surface area contributed by atoms with Crippen molar-refractivity contribution in [3.05, 3.63) is 188 Å². The van der Waals surface area contributed by atoms with Gasteiger partial charge in [0.05, 0.1) is 12.4 Å². The van der Waals surface area contributed by atoms with Crippen molar-refractivity contribution in [2.75, 3.05) is 0 Å². The highest BCUT2D eigenvalue weighted by molar-refractivity contribution is 7.26. The van der Waals surface area contributed by atoms with Gasteiger partial charge in [-0.15, -0.1) is 11.3 Å². The van der Waals surface area contributed by atoms with Crippen molar-refractivity contribution in [1.29, 1.82) is 0 Å². The van der Waals surface area contributed by atoms with Crippen LogP contribution in [0.4, 0.5) is 0 Å². The first-order chi connectivity index (χ1) is 29.8. The fraction of sp³-hybridized carbons (Fsp3) is 0. The molecule has 0 bridgehead atoms. The van der Waals surface area contributed by atoms with E-state index in [1.807, 2.05) is 54.6 Å². The lowest BCUT2D eigenvalue weighted by Gasteiger charge is -2.09. The predicted octanol–water partition coefficient (Wildman–Crippen LogP) is 14.1. The van der Waals surface area contributed by atoms with Crippen LogP contribution >= 0.6 is 11.3 Å². The van der Waals surface area contributed by atoms with Gasteiger partial charge in [-0.1, -0.05) is 158 Å². The first-order valence-electron chi connectivity index (χ1n) is 20.8. The van der Waals surface area contributed by atoms with Crippen LogP contribution in [0.2, 0.25) is 0 Å². The maximum Gasteiger partial charge on any atom is 0.167 e. The molecule has 0 aliphatic heterocycles. The summed E-state index contributed by atoms with van der Waals surface area (Å²) in [5, 5.41) is 4.35. The van der Waals surface area contributed by atoms with E-state index < -0.39 is 6.04 Å². The molecule has 0 atom stereocenters. The molecule has 0 fully saturated rings. The molecule has 56 heavy (non-hydrogen) atoms. The van der Waals surface area contributed by atoms with Crippen LogP contribution in [0.1, 0.15) is 6.85 Å². The standard InChI is InChI=1S/C51H31N3OS/c1-3-11-32(12-4-1)33-21-23-34(24-22-33)35-25-27-36(28-26-35)38-29-30-39-41-16-9-18-43(47(41)55-45(39)31-38)50-52-49(37-13-5-2-6-14-37)53-51(54-50)44-19-10-17-42-40-15-7-8-20-46(40)56-48(42)44/h1-31H/i1D,3D,4D,11D,12D. The third-order valence-corrected chi connectivity index (χ3v) is 11.5. The largest absolute Gasteiger partial charge is 0.455 e. The summed E-state index contributed by atoms with van der Waals surface area (Å²) in [4.78, 5) is 15.3. The SMILES string of the molecule is [2H]c1c([2H])c([2H])c(-c2ccc(-c3ccc(-c4ccc5c(c4)oc4c(-c6nc(-c7ccccc7)nc(-c7cccc8c7sc7ccccc78)n6)cccc45)cc3)cc2)c([2H])c1[2H]. The van der Waals surface area contributed by atoms with Crippen LogP contribution in [0.5, 0.6) is 0 Å². The topological polar surface area (TPSA) is 51.8 Å². The van der Waals surface area contributed by atoms with Crippen LogP contribution in [0.3, 0.4) is 0 Å². The van der Waals surface area contributed by atoms with Crippen LogP contribution in [-0.4, -0.2) is 15.0 Å². The average molecular weight is 739 g/mol. The minimum absolute atomic E-state index is 0.192. The Bertz CT molecular complexity index is 3500. The van der Waals surface area contributed by atoms with Gasteiger partial charge in [0.2, 0.25) is 0 Å². The molecule has 5 heteroatoms. The quantitative estimate of drug-likeness (QED) is 0.170. The van der Waals surface area contributed by atoms with Crippen LogP contribution in [-0.2, 0) is 0 Å². The van der Waals surface area contributed by atoms with Crippen molar-refractivity contribution >= 4 is 53.4 Å². The van der Waals surface area contributed by atoms with Gasteiger partial charge in [-0.05, 0) is 63.7 Å². The number of benzene rings is 8. The lowest BCUT2D eigenvalue weighted by atomic mass is 9.97. The highest BCUT2D eigenvalue weighted by Gasteiger charge is 2.20. The molecule has 0 saturated heterocycles. The molecule has 11 rings (SSSR count). The molecule has 0 aliphatic rings. The van der Waals surface area contributed by atoms with Gasteiger partial charge in [-0.3, -0.25) is 0 Å². The third kappa shape index (κ3) is 5.56. The zero-order valence-corrected chi connectivity index (χ0v) is 30.5. The molecule has 0 unspecified atom stereocenters. The first kappa shape index (κ1) is 27.4. The molecule has 0 spiro atoms. The number of rotatable bonds is 6. The summed E-state index contributed by atoms with van der Waals surface area (Å²) in [6.07, 6.45) is 0. The summed E-state index contributed by atoms with van der Waals surface area (Å²) in [6, 6.07) is 51.3. The van der Waals surface area contributed by atoms with Crippen LogP contribution < -0.4 is 0 Å². The van der Waals surface area contributed by atoms with Gasteiger partial charge >= 0.3 is 0 Å². The normalized spacial score (nSPS) is 12.8. The van der Waals surface area contributed by atoms with Crippen molar-refractivity contribution in [3.8, 4) is 67.5 Å². The fourth-order valence-electron chi connectivity index (χ4n) is 7.49. The average Bonchev–Trinajstić information content (AvgIpc) is 3.89. The van der Waals surface area contributed by atoms with E-state index in [2.05, 4.69) is 91.0 Å². The molecule has 3 aromatic heterocycles. The summed E-state index contributed by atoms with van der Waals surface area (Å²) in [5.41, 5.74) is 8.80. The number of fused-ring (bicyclic) bond motifs is 6. The number of thiophene rings is 1. The minimum atomic E-state index is -0.400. The summed E-state index contributed by atoms with van der Waals surface area (Å²) in [6.45, 7) is 0. The molecule has 0 amide bonds. The molecular formula is C51H31N3OS. The molecule has 0 aliphatic carbocycles. The highest BCUT2D eigenvalue weighted by atomic mass is 32.1. The van der Waals surface area contributed by atoms with Crippen LogP contribution in [0, 0.1) is 0 Å². The van der Waals surface area contributed by atoms with E-state index in [4.69, 9.17) is 26.2 Å². The summed E-state index contributed by atoms with van der Waals surface area (Å²) >= 11 is 1.75. The molecule has 8 aromatic carbocycles. The Kier molecular flexibility index (Phi) is 6.49. The Hall–Kier alpha value is -7.21. The Labute approximate surface area is 334 Å².